The van der Waals surface area contributed by atoms with E-state index in [2.05, 4.69) is 56.1 Å². The van der Waals surface area contributed by atoms with Crippen molar-refractivity contribution in [2.24, 2.45) is 0 Å². The maximum absolute atomic E-state index is 5.57. The minimum absolute atomic E-state index is 0.129. The molecular formula is C16H26N2O. The van der Waals surface area contributed by atoms with E-state index in [-0.39, 0.29) is 5.54 Å². The maximum Gasteiger partial charge on any atom is 0.142 e. The zero-order valence-corrected chi connectivity index (χ0v) is 12.8. The molecule has 1 heterocycles. The fourth-order valence-electron chi connectivity index (χ4n) is 3.07. The fraction of sp³-hybridized carbons (Fsp3) is 0.625. The Bertz CT molecular complexity index is 442. The molecule has 106 valence electrons. The first kappa shape index (κ1) is 14.2. The topological polar surface area (TPSA) is 24.5 Å². The molecule has 0 amide bonds. The highest BCUT2D eigenvalue weighted by Crippen LogP contribution is 2.37. The molecule has 19 heavy (non-hydrogen) atoms. The molecule has 0 spiro atoms. The summed E-state index contributed by atoms with van der Waals surface area (Å²) in [5, 5.41) is 3.52. The second kappa shape index (κ2) is 5.41. The van der Waals surface area contributed by atoms with Gasteiger partial charge in [-0.2, -0.15) is 0 Å². The molecule has 1 atom stereocenters. The highest BCUT2D eigenvalue weighted by molar-refractivity contribution is 5.62. The maximum atomic E-state index is 5.57. The first-order valence-electron chi connectivity index (χ1n) is 7.10. The van der Waals surface area contributed by atoms with Crippen molar-refractivity contribution in [1.82, 2.24) is 5.32 Å². The van der Waals surface area contributed by atoms with Gasteiger partial charge in [-0.05, 0) is 58.4 Å². The van der Waals surface area contributed by atoms with Crippen LogP contribution in [0, 0.1) is 6.92 Å². The van der Waals surface area contributed by atoms with Crippen molar-refractivity contribution >= 4 is 5.69 Å². The lowest BCUT2D eigenvalue weighted by Gasteiger charge is -2.43. The molecule has 0 aliphatic carbocycles. The van der Waals surface area contributed by atoms with Gasteiger partial charge in [-0.1, -0.05) is 6.07 Å². The van der Waals surface area contributed by atoms with Crippen molar-refractivity contribution in [2.75, 3.05) is 25.1 Å². The molecule has 2 rings (SSSR count). The van der Waals surface area contributed by atoms with Gasteiger partial charge < -0.3 is 15.0 Å². The molecule has 1 aliphatic heterocycles. The molecule has 0 saturated carbocycles. The summed E-state index contributed by atoms with van der Waals surface area (Å²) < 4.78 is 5.57. The number of hydrogen-bond acceptors (Lipinski definition) is 3. The van der Waals surface area contributed by atoms with Crippen LogP contribution in [0.5, 0.6) is 5.75 Å². The number of nitrogens with zero attached hydrogens (tertiary/aromatic N) is 1. The first-order valence-corrected chi connectivity index (χ1v) is 7.10. The third-order valence-electron chi connectivity index (χ3n) is 4.04. The summed E-state index contributed by atoms with van der Waals surface area (Å²) in [6.07, 6.45) is 1.13. The van der Waals surface area contributed by atoms with E-state index in [9.17, 15) is 0 Å². The van der Waals surface area contributed by atoms with Crippen LogP contribution in [0.3, 0.4) is 0 Å². The van der Waals surface area contributed by atoms with Gasteiger partial charge in [-0.3, -0.25) is 0 Å². The van der Waals surface area contributed by atoms with Crippen LogP contribution >= 0.6 is 0 Å². The number of methoxy groups -OCH3 is 1. The van der Waals surface area contributed by atoms with Gasteiger partial charge in [0.25, 0.3) is 0 Å². The normalized spacial score (nSPS) is 23.0. The average molecular weight is 262 g/mol. The zero-order chi connectivity index (χ0) is 14.0. The van der Waals surface area contributed by atoms with Crippen molar-refractivity contribution in [3.63, 3.8) is 0 Å². The number of aryl methyl sites for hydroxylation is 1. The SMILES string of the molecule is COc1ccc(C)cc1N1C(C)CNCCC1(C)C. The van der Waals surface area contributed by atoms with Crippen molar-refractivity contribution < 1.29 is 4.74 Å². The minimum Gasteiger partial charge on any atom is -0.495 e. The number of nitrogens with one attached hydrogen (secondary N) is 1. The summed E-state index contributed by atoms with van der Waals surface area (Å²) in [7, 11) is 1.75. The van der Waals surface area contributed by atoms with Crippen LogP contribution in [0.1, 0.15) is 32.8 Å². The Kier molecular flexibility index (Phi) is 4.04. The number of hydrogen-bond donors (Lipinski definition) is 1. The first-order chi connectivity index (χ1) is 8.95. The molecule has 1 aromatic carbocycles. The summed E-state index contributed by atoms with van der Waals surface area (Å²) in [6.45, 7) is 11.1. The quantitative estimate of drug-likeness (QED) is 0.887. The molecule has 1 aliphatic rings. The van der Waals surface area contributed by atoms with E-state index in [1.807, 2.05) is 0 Å². The van der Waals surface area contributed by atoms with E-state index in [0.29, 0.717) is 6.04 Å². The number of ether oxygens (including phenoxy) is 1. The van der Waals surface area contributed by atoms with Gasteiger partial charge in [0.2, 0.25) is 0 Å². The van der Waals surface area contributed by atoms with Gasteiger partial charge >= 0.3 is 0 Å². The van der Waals surface area contributed by atoms with E-state index in [1.165, 1.54) is 11.3 Å². The molecule has 1 saturated heterocycles. The van der Waals surface area contributed by atoms with E-state index in [0.717, 1.165) is 25.3 Å². The Morgan fingerprint density at radius 2 is 2.11 bits per heavy atom. The van der Waals surface area contributed by atoms with Crippen molar-refractivity contribution in [3.8, 4) is 5.75 Å². The third-order valence-corrected chi connectivity index (χ3v) is 4.04. The molecule has 0 radical (unpaired) electrons. The molecule has 0 bridgehead atoms. The van der Waals surface area contributed by atoms with Crippen LogP contribution in [0.25, 0.3) is 0 Å². The Morgan fingerprint density at radius 1 is 1.37 bits per heavy atom. The summed E-state index contributed by atoms with van der Waals surface area (Å²) in [4.78, 5) is 2.51. The monoisotopic (exact) mass is 262 g/mol. The van der Waals surface area contributed by atoms with Crippen LogP contribution in [0.2, 0.25) is 0 Å². The standard InChI is InChI=1S/C16H26N2O/c1-12-6-7-15(19-5)14(10-12)18-13(2)11-17-9-8-16(18,3)4/h6-7,10,13,17H,8-9,11H2,1-5H3. The molecule has 3 nitrogen and oxygen atoms in total. The van der Waals surface area contributed by atoms with Crippen LogP contribution in [-0.4, -0.2) is 31.8 Å². The number of anilines is 1. The zero-order valence-electron chi connectivity index (χ0n) is 12.8. The smallest absolute Gasteiger partial charge is 0.142 e. The van der Waals surface area contributed by atoms with E-state index in [1.54, 1.807) is 7.11 Å². The highest BCUT2D eigenvalue weighted by atomic mass is 16.5. The summed E-state index contributed by atoms with van der Waals surface area (Å²) >= 11 is 0. The third kappa shape index (κ3) is 2.86. The summed E-state index contributed by atoms with van der Waals surface area (Å²) in [5.74, 6) is 0.965. The fourth-order valence-corrected chi connectivity index (χ4v) is 3.07. The van der Waals surface area contributed by atoms with Gasteiger partial charge in [0.05, 0.1) is 12.8 Å². The van der Waals surface area contributed by atoms with Gasteiger partial charge in [0.1, 0.15) is 5.75 Å². The Labute approximate surface area is 116 Å². The van der Waals surface area contributed by atoms with Gasteiger partial charge in [-0.25, -0.2) is 0 Å². The van der Waals surface area contributed by atoms with Crippen LogP contribution in [-0.2, 0) is 0 Å². The molecule has 1 unspecified atom stereocenters. The van der Waals surface area contributed by atoms with Gasteiger partial charge in [0.15, 0.2) is 0 Å². The lowest BCUT2D eigenvalue weighted by Crippen LogP contribution is -2.49. The van der Waals surface area contributed by atoms with Crippen molar-refractivity contribution in [1.29, 1.82) is 0 Å². The molecule has 0 aromatic heterocycles. The van der Waals surface area contributed by atoms with E-state index < -0.39 is 0 Å². The van der Waals surface area contributed by atoms with Crippen molar-refractivity contribution in [2.45, 2.75) is 45.7 Å². The molecular weight excluding hydrogens is 236 g/mol. The molecule has 1 N–H and O–H groups in total. The van der Waals surface area contributed by atoms with Crippen molar-refractivity contribution in [3.05, 3.63) is 23.8 Å². The predicted molar refractivity (Wildman–Crippen MR) is 81.2 cm³/mol. The van der Waals surface area contributed by atoms with Gasteiger partial charge in [0, 0.05) is 18.1 Å². The lowest BCUT2D eigenvalue weighted by atomic mass is 9.95. The predicted octanol–water partition coefficient (Wildman–Crippen LogP) is 2.97. The van der Waals surface area contributed by atoms with Crippen LogP contribution in [0.15, 0.2) is 18.2 Å². The Hall–Kier alpha value is -1.22. The summed E-state index contributed by atoms with van der Waals surface area (Å²) in [6, 6.07) is 6.87. The number of benzene rings is 1. The average Bonchev–Trinajstić information content (AvgIpc) is 2.47. The molecule has 1 fully saturated rings. The molecule has 3 heteroatoms. The lowest BCUT2D eigenvalue weighted by molar-refractivity contribution is 0.392. The minimum atomic E-state index is 0.129. The van der Waals surface area contributed by atoms with E-state index in [4.69, 9.17) is 4.74 Å². The largest absolute Gasteiger partial charge is 0.495 e. The van der Waals surface area contributed by atoms with Crippen LogP contribution in [0.4, 0.5) is 5.69 Å². The van der Waals surface area contributed by atoms with Gasteiger partial charge in [-0.15, -0.1) is 0 Å². The number of rotatable bonds is 2. The Balaban J connectivity index is 2.49. The second-order valence-corrected chi connectivity index (χ2v) is 6.16. The highest BCUT2D eigenvalue weighted by Gasteiger charge is 2.34. The van der Waals surface area contributed by atoms with Crippen LogP contribution < -0.4 is 15.0 Å². The second-order valence-electron chi connectivity index (χ2n) is 6.16. The Morgan fingerprint density at radius 3 is 2.79 bits per heavy atom. The molecule has 1 aromatic rings. The summed E-state index contributed by atoms with van der Waals surface area (Å²) in [5.41, 5.74) is 2.61. The van der Waals surface area contributed by atoms with E-state index >= 15 is 0 Å².